The molecule has 0 aromatic rings. The van der Waals surface area contributed by atoms with E-state index in [1.165, 1.54) is 6.42 Å². The number of aliphatic hydroxyl groups excluding tert-OH is 1. The van der Waals surface area contributed by atoms with Crippen molar-refractivity contribution in [1.82, 2.24) is 4.90 Å². The van der Waals surface area contributed by atoms with Crippen molar-refractivity contribution in [2.75, 3.05) is 32.8 Å². The Hall–Kier alpha value is -0.160. The molecule has 4 heteroatoms. The number of hydrogen-bond acceptors (Lipinski definition) is 4. The maximum atomic E-state index is 9.33. The Kier molecular flexibility index (Phi) is 5.22. The van der Waals surface area contributed by atoms with Gasteiger partial charge < -0.3 is 19.5 Å². The van der Waals surface area contributed by atoms with Crippen LogP contribution in [0.1, 0.15) is 32.6 Å². The van der Waals surface area contributed by atoms with E-state index in [-0.39, 0.29) is 6.10 Å². The minimum atomic E-state index is -0.223. The fourth-order valence-corrected chi connectivity index (χ4v) is 2.65. The quantitative estimate of drug-likeness (QED) is 0.783. The van der Waals surface area contributed by atoms with Gasteiger partial charge in [0.05, 0.1) is 24.9 Å². The molecular formula is C13H25NO3. The molecule has 0 aliphatic carbocycles. The lowest BCUT2D eigenvalue weighted by atomic mass is 10.1. The second kappa shape index (κ2) is 6.69. The Labute approximate surface area is 104 Å². The fraction of sp³-hybridized carbons (Fsp3) is 1.00. The van der Waals surface area contributed by atoms with Crippen molar-refractivity contribution in [3.05, 3.63) is 0 Å². The summed E-state index contributed by atoms with van der Waals surface area (Å²) in [4.78, 5) is 2.32. The zero-order valence-corrected chi connectivity index (χ0v) is 10.8. The molecule has 17 heavy (non-hydrogen) atoms. The van der Waals surface area contributed by atoms with Crippen molar-refractivity contribution >= 4 is 0 Å². The van der Waals surface area contributed by atoms with E-state index in [1.54, 1.807) is 0 Å². The first-order valence-electron chi connectivity index (χ1n) is 6.87. The van der Waals surface area contributed by atoms with E-state index in [1.807, 2.05) is 6.92 Å². The molecule has 2 aliphatic heterocycles. The summed E-state index contributed by atoms with van der Waals surface area (Å²) in [5, 5.41) is 9.33. The van der Waals surface area contributed by atoms with Gasteiger partial charge in [0.25, 0.3) is 0 Å². The lowest BCUT2D eigenvalue weighted by Gasteiger charge is -2.32. The topological polar surface area (TPSA) is 41.9 Å². The molecule has 0 radical (unpaired) electrons. The minimum absolute atomic E-state index is 0.223. The normalized spacial score (nSPS) is 29.6. The van der Waals surface area contributed by atoms with Crippen LogP contribution in [0.4, 0.5) is 0 Å². The number of likely N-dealkylation sites (tertiary alicyclic amines) is 1. The molecule has 100 valence electrons. The van der Waals surface area contributed by atoms with E-state index >= 15 is 0 Å². The van der Waals surface area contributed by atoms with E-state index in [4.69, 9.17) is 9.47 Å². The molecule has 2 heterocycles. The van der Waals surface area contributed by atoms with Gasteiger partial charge in [-0.1, -0.05) is 0 Å². The van der Waals surface area contributed by atoms with Crippen molar-refractivity contribution in [2.45, 2.75) is 50.9 Å². The van der Waals surface area contributed by atoms with E-state index in [9.17, 15) is 5.11 Å². The molecule has 2 saturated heterocycles. The van der Waals surface area contributed by atoms with Crippen LogP contribution in [0.2, 0.25) is 0 Å². The highest BCUT2D eigenvalue weighted by Gasteiger charge is 2.22. The first-order chi connectivity index (χ1) is 8.24. The molecule has 2 atom stereocenters. The number of hydrogen-bond donors (Lipinski definition) is 1. The first kappa shape index (κ1) is 13.3. The first-order valence-corrected chi connectivity index (χ1v) is 6.87. The number of piperidine rings is 1. The Morgan fingerprint density at radius 3 is 2.71 bits per heavy atom. The summed E-state index contributed by atoms with van der Waals surface area (Å²) in [5.74, 6) is 0. The summed E-state index contributed by atoms with van der Waals surface area (Å²) in [7, 11) is 0. The molecule has 0 bridgehead atoms. The second-order valence-electron chi connectivity index (χ2n) is 5.32. The van der Waals surface area contributed by atoms with Crippen LogP contribution < -0.4 is 0 Å². The van der Waals surface area contributed by atoms with Crippen LogP contribution >= 0.6 is 0 Å². The molecule has 2 rings (SSSR count). The molecule has 0 aromatic heterocycles. The number of ether oxygens (including phenoxy) is 2. The standard InChI is InChI=1S/C13H25NO3/c1-11(15)9-14-6-4-12(5-7-14)17-10-13-3-2-8-16-13/h11-13,15H,2-10H2,1H3/t11-,13-/m0/s1. The Morgan fingerprint density at radius 2 is 2.12 bits per heavy atom. The number of rotatable bonds is 5. The van der Waals surface area contributed by atoms with Gasteiger partial charge in [-0.25, -0.2) is 0 Å². The van der Waals surface area contributed by atoms with E-state index in [2.05, 4.69) is 4.90 Å². The number of β-amino-alcohol motifs (C(OH)–C–C–N with tert-alkyl or cyclic N) is 1. The van der Waals surface area contributed by atoms with Gasteiger partial charge in [-0.15, -0.1) is 0 Å². The highest BCUT2D eigenvalue weighted by molar-refractivity contribution is 4.74. The molecule has 0 spiro atoms. The van der Waals surface area contributed by atoms with Gasteiger partial charge in [-0.05, 0) is 32.6 Å². The number of nitrogens with zero attached hydrogens (tertiary/aromatic N) is 1. The van der Waals surface area contributed by atoms with Crippen molar-refractivity contribution < 1.29 is 14.6 Å². The monoisotopic (exact) mass is 243 g/mol. The molecule has 2 fully saturated rings. The number of aliphatic hydroxyl groups is 1. The van der Waals surface area contributed by atoms with Gasteiger partial charge in [0.2, 0.25) is 0 Å². The van der Waals surface area contributed by atoms with Crippen molar-refractivity contribution in [3.8, 4) is 0 Å². The maximum absolute atomic E-state index is 9.33. The predicted octanol–water partition coefficient (Wildman–Crippen LogP) is 1.03. The van der Waals surface area contributed by atoms with Gasteiger partial charge >= 0.3 is 0 Å². The largest absolute Gasteiger partial charge is 0.392 e. The summed E-state index contributed by atoms with van der Waals surface area (Å²) < 4.78 is 11.5. The highest BCUT2D eigenvalue weighted by Crippen LogP contribution is 2.17. The molecule has 4 nitrogen and oxygen atoms in total. The lowest BCUT2D eigenvalue weighted by molar-refractivity contribution is -0.0447. The minimum Gasteiger partial charge on any atom is -0.392 e. The fourth-order valence-electron chi connectivity index (χ4n) is 2.65. The zero-order valence-electron chi connectivity index (χ0n) is 10.8. The highest BCUT2D eigenvalue weighted by atomic mass is 16.5. The Balaban J connectivity index is 1.58. The predicted molar refractivity (Wildman–Crippen MR) is 66.1 cm³/mol. The van der Waals surface area contributed by atoms with Gasteiger partial charge in [0, 0.05) is 26.2 Å². The summed E-state index contributed by atoms with van der Waals surface area (Å²) in [6, 6.07) is 0. The molecule has 1 N–H and O–H groups in total. The van der Waals surface area contributed by atoms with Gasteiger partial charge in [-0.3, -0.25) is 0 Å². The molecule has 2 aliphatic rings. The summed E-state index contributed by atoms with van der Waals surface area (Å²) in [6.45, 7) is 6.39. The van der Waals surface area contributed by atoms with Crippen LogP contribution in [0.3, 0.4) is 0 Å². The van der Waals surface area contributed by atoms with Crippen LogP contribution in [-0.2, 0) is 9.47 Å². The molecular weight excluding hydrogens is 218 g/mol. The second-order valence-corrected chi connectivity index (χ2v) is 5.32. The van der Waals surface area contributed by atoms with Crippen molar-refractivity contribution in [3.63, 3.8) is 0 Å². The van der Waals surface area contributed by atoms with E-state index in [0.29, 0.717) is 12.2 Å². The van der Waals surface area contributed by atoms with Crippen LogP contribution in [0.25, 0.3) is 0 Å². The summed E-state index contributed by atoms with van der Waals surface area (Å²) in [6.07, 6.45) is 5.01. The van der Waals surface area contributed by atoms with Crippen LogP contribution in [0.15, 0.2) is 0 Å². The smallest absolute Gasteiger partial charge is 0.0809 e. The SMILES string of the molecule is C[C@H](O)CN1CCC(OC[C@@H]2CCCO2)CC1. The van der Waals surface area contributed by atoms with E-state index in [0.717, 1.165) is 52.1 Å². The molecule has 0 saturated carbocycles. The summed E-state index contributed by atoms with van der Waals surface area (Å²) >= 11 is 0. The maximum Gasteiger partial charge on any atom is 0.0809 e. The van der Waals surface area contributed by atoms with Crippen molar-refractivity contribution in [1.29, 1.82) is 0 Å². The lowest BCUT2D eigenvalue weighted by Crippen LogP contribution is -2.41. The average molecular weight is 243 g/mol. The molecule has 0 unspecified atom stereocenters. The third-order valence-corrected chi connectivity index (χ3v) is 3.60. The van der Waals surface area contributed by atoms with Gasteiger partial charge in [-0.2, -0.15) is 0 Å². The van der Waals surface area contributed by atoms with Crippen LogP contribution in [0, 0.1) is 0 Å². The zero-order chi connectivity index (χ0) is 12.1. The Bertz CT molecular complexity index is 209. The third kappa shape index (κ3) is 4.54. The third-order valence-electron chi connectivity index (χ3n) is 3.60. The summed E-state index contributed by atoms with van der Waals surface area (Å²) in [5.41, 5.74) is 0. The van der Waals surface area contributed by atoms with Crippen molar-refractivity contribution in [2.24, 2.45) is 0 Å². The van der Waals surface area contributed by atoms with Crippen LogP contribution in [-0.4, -0.2) is 61.2 Å². The molecule has 0 amide bonds. The van der Waals surface area contributed by atoms with Gasteiger partial charge in [0.1, 0.15) is 0 Å². The molecule has 0 aromatic carbocycles. The van der Waals surface area contributed by atoms with Crippen LogP contribution in [0.5, 0.6) is 0 Å². The average Bonchev–Trinajstić information content (AvgIpc) is 2.80. The van der Waals surface area contributed by atoms with E-state index < -0.39 is 0 Å². The Morgan fingerprint density at radius 1 is 1.35 bits per heavy atom. The van der Waals surface area contributed by atoms with Gasteiger partial charge in [0.15, 0.2) is 0 Å².